The van der Waals surface area contributed by atoms with Crippen molar-refractivity contribution in [3.8, 4) is 12.0 Å². The first kappa shape index (κ1) is 17.0. The minimum Gasteiger partial charge on any atom is -0.539 e. The van der Waals surface area contributed by atoms with Gasteiger partial charge in [-0.2, -0.15) is 5.26 Å². The van der Waals surface area contributed by atoms with Crippen molar-refractivity contribution in [3.63, 3.8) is 0 Å². The average Bonchev–Trinajstić information content (AvgIpc) is 2.89. The number of aryl methyl sites for hydroxylation is 2. The van der Waals surface area contributed by atoms with Gasteiger partial charge in [0.25, 0.3) is 5.69 Å². The molecule has 0 bridgehead atoms. The summed E-state index contributed by atoms with van der Waals surface area (Å²) in [6.45, 7) is 2.09. The van der Waals surface area contributed by atoms with E-state index in [0.29, 0.717) is 10.6 Å². The highest BCUT2D eigenvalue weighted by atomic mass is 32.2. The zero-order valence-corrected chi connectivity index (χ0v) is 13.7. The van der Waals surface area contributed by atoms with Crippen molar-refractivity contribution >= 4 is 17.5 Å². The number of pyridine rings is 1. The molecule has 0 atom stereocenters. The van der Waals surface area contributed by atoms with E-state index < -0.39 is 11.7 Å². The Bertz CT molecular complexity index is 732. The molecular weight excluding hydrogens is 316 g/mol. The minimum absolute atomic E-state index is 0.0107. The van der Waals surface area contributed by atoms with Crippen LogP contribution in [0.3, 0.4) is 0 Å². The van der Waals surface area contributed by atoms with Crippen LogP contribution in [0, 0.1) is 11.3 Å². The molecule has 0 saturated carbocycles. The number of thioether (sulfide) groups is 1. The SMILES string of the molecule is CCCCc1ccc(C#N)c(SCC(=O)c2c([O-])on[n+]2C)n1. The maximum atomic E-state index is 12.1. The number of ketones is 1. The molecule has 0 spiro atoms. The first-order chi connectivity index (χ1) is 11.1. The molecule has 0 aliphatic rings. The number of nitriles is 1. The van der Waals surface area contributed by atoms with E-state index in [2.05, 4.69) is 27.8 Å². The molecule has 0 N–H and O–H groups in total. The lowest BCUT2D eigenvalue weighted by Gasteiger charge is -2.05. The third-order valence-electron chi connectivity index (χ3n) is 3.19. The van der Waals surface area contributed by atoms with Gasteiger partial charge in [0.1, 0.15) is 11.1 Å². The van der Waals surface area contributed by atoms with E-state index in [1.54, 1.807) is 6.07 Å². The van der Waals surface area contributed by atoms with Gasteiger partial charge in [0.05, 0.1) is 16.6 Å². The minimum atomic E-state index is -0.761. The summed E-state index contributed by atoms with van der Waals surface area (Å²) in [5, 5.41) is 24.5. The van der Waals surface area contributed by atoms with Crippen molar-refractivity contribution in [2.24, 2.45) is 7.05 Å². The second-order valence-corrected chi connectivity index (χ2v) is 5.88. The fourth-order valence-corrected chi connectivity index (χ4v) is 2.84. The van der Waals surface area contributed by atoms with Gasteiger partial charge in [-0.1, -0.05) is 29.8 Å². The van der Waals surface area contributed by atoms with Crippen LogP contribution in [-0.2, 0) is 13.5 Å². The number of hydrogen-bond donors (Lipinski definition) is 0. The summed E-state index contributed by atoms with van der Waals surface area (Å²) < 4.78 is 5.55. The Labute approximate surface area is 137 Å². The van der Waals surface area contributed by atoms with Crippen molar-refractivity contribution in [1.29, 1.82) is 5.26 Å². The Balaban J connectivity index is 2.13. The van der Waals surface area contributed by atoms with Crippen LogP contribution in [0.4, 0.5) is 0 Å². The lowest BCUT2D eigenvalue weighted by Crippen LogP contribution is -2.37. The van der Waals surface area contributed by atoms with Crippen molar-refractivity contribution in [3.05, 3.63) is 29.1 Å². The summed E-state index contributed by atoms with van der Waals surface area (Å²) in [4.78, 5) is 16.6. The Morgan fingerprint density at radius 2 is 2.30 bits per heavy atom. The average molecular weight is 332 g/mol. The van der Waals surface area contributed by atoms with Crippen LogP contribution >= 0.6 is 11.8 Å². The number of nitrogens with zero attached hydrogens (tertiary/aromatic N) is 4. The quantitative estimate of drug-likeness (QED) is 0.425. The molecule has 8 heteroatoms. The van der Waals surface area contributed by atoms with Gasteiger partial charge in [-0.15, -0.1) is 0 Å². The van der Waals surface area contributed by atoms with Crippen molar-refractivity contribution < 1.29 is 19.1 Å². The number of aromatic nitrogens is 3. The van der Waals surface area contributed by atoms with Crippen molar-refractivity contribution in [2.45, 2.75) is 31.2 Å². The fourth-order valence-electron chi connectivity index (χ4n) is 1.98. The largest absolute Gasteiger partial charge is 0.539 e. The van der Waals surface area contributed by atoms with Gasteiger partial charge in [-0.25, -0.2) is 4.98 Å². The summed E-state index contributed by atoms with van der Waals surface area (Å²) >= 11 is 1.14. The van der Waals surface area contributed by atoms with Crippen molar-refractivity contribution in [2.75, 3.05) is 5.75 Å². The van der Waals surface area contributed by atoms with Crippen LogP contribution in [0.25, 0.3) is 0 Å². The molecule has 120 valence electrons. The highest BCUT2D eigenvalue weighted by molar-refractivity contribution is 8.00. The van der Waals surface area contributed by atoms with Crippen LogP contribution < -0.4 is 9.79 Å². The monoisotopic (exact) mass is 332 g/mol. The standard InChI is InChI=1S/C15H16N4O3S/c1-3-4-5-11-7-6-10(8-16)14(17-11)23-9-12(20)13-15(21)22-18-19(13)2/h6-7H,3-5,9H2,1-2H3. The predicted octanol–water partition coefficient (Wildman–Crippen LogP) is 1.16. The van der Waals surface area contributed by atoms with Gasteiger partial charge in [-0.05, 0) is 25.0 Å². The highest BCUT2D eigenvalue weighted by Crippen LogP contribution is 2.23. The van der Waals surface area contributed by atoms with E-state index in [9.17, 15) is 9.90 Å². The molecule has 0 unspecified atom stereocenters. The molecule has 2 aromatic rings. The predicted molar refractivity (Wildman–Crippen MR) is 79.7 cm³/mol. The summed E-state index contributed by atoms with van der Waals surface area (Å²) in [6, 6.07) is 5.61. The summed E-state index contributed by atoms with van der Waals surface area (Å²) in [5.41, 5.74) is 1.19. The van der Waals surface area contributed by atoms with Gasteiger partial charge >= 0.3 is 0 Å². The Morgan fingerprint density at radius 1 is 1.52 bits per heavy atom. The maximum absolute atomic E-state index is 12.1. The molecule has 0 aromatic carbocycles. The van der Waals surface area contributed by atoms with E-state index in [1.807, 2.05) is 6.07 Å². The van der Waals surface area contributed by atoms with Crippen LogP contribution in [0.15, 0.2) is 21.7 Å². The number of carbonyl (C=O) groups excluding carboxylic acids is 1. The smallest absolute Gasteiger partial charge is 0.300 e. The molecule has 2 heterocycles. The van der Waals surface area contributed by atoms with Crippen LogP contribution in [0.5, 0.6) is 5.95 Å². The van der Waals surface area contributed by atoms with Gasteiger partial charge in [0, 0.05) is 5.69 Å². The van der Waals surface area contributed by atoms with Crippen LogP contribution in [-0.4, -0.2) is 21.8 Å². The third kappa shape index (κ3) is 4.07. The van der Waals surface area contributed by atoms with Gasteiger partial charge < -0.3 is 9.63 Å². The van der Waals surface area contributed by atoms with Crippen LogP contribution in [0.2, 0.25) is 0 Å². The molecule has 0 amide bonds. The molecule has 0 fully saturated rings. The molecule has 0 aliphatic heterocycles. The molecule has 2 aromatic heterocycles. The zero-order chi connectivity index (χ0) is 16.8. The molecule has 2 rings (SSSR count). The molecular formula is C15H16N4O3S. The lowest BCUT2D eigenvalue weighted by atomic mass is 10.2. The lowest BCUT2D eigenvalue weighted by molar-refractivity contribution is -0.741. The number of carbonyl (C=O) groups is 1. The van der Waals surface area contributed by atoms with E-state index in [-0.39, 0.29) is 11.4 Å². The molecule has 0 radical (unpaired) electrons. The second-order valence-electron chi connectivity index (χ2n) is 4.92. The van der Waals surface area contributed by atoms with E-state index in [0.717, 1.165) is 41.4 Å². The zero-order valence-electron chi connectivity index (χ0n) is 12.9. The molecule has 23 heavy (non-hydrogen) atoms. The summed E-state index contributed by atoms with van der Waals surface area (Å²) in [7, 11) is 1.47. The van der Waals surface area contributed by atoms with Crippen molar-refractivity contribution in [1.82, 2.24) is 10.3 Å². The summed E-state index contributed by atoms with van der Waals surface area (Å²) in [6.07, 6.45) is 2.89. The third-order valence-corrected chi connectivity index (χ3v) is 4.18. The van der Waals surface area contributed by atoms with Gasteiger partial charge in [0.15, 0.2) is 13.0 Å². The highest BCUT2D eigenvalue weighted by Gasteiger charge is 2.23. The maximum Gasteiger partial charge on any atom is 0.300 e. The Morgan fingerprint density at radius 3 is 2.91 bits per heavy atom. The number of unbranched alkanes of at least 4 members (excludes halogenated alkanes) is 1. The van der Waals surface area contributed by atoms with Gasteiger partial charge in [0.2, 0.25) is 5.78 Å². The topological polar surface area (TPSA) is 107 Å². The number of hydrogen-bond acceptors (Lipinski definition) is 7. The van der Waals surface area contributed by atoms with Crippen LogP contribution in [0.1, 0.15) is 41.5 Å². The van der Waals surface area contributed by atoms with Gasteiger partial charge in [-0.3, -0.25) is 4.79 Å². The number of rotatable bonds is 7. The molecule has 7 nitrogen and oxygen atoms in total. The molecule has 0 saturated heterocycles. The second kappa shape index (κ2) is 7.74. The Kier molecular flexibility index (Phi) is 5.71. The van der Waals surface area contributed by atoms with E-state index >= 15 is 0 Å². The Hall–Kier alpha value is -2.40. The molecule has 0 aliphatic carbocycles. The number of Topliss-reactive ketones (excluding diaryl/α,β-unsaturated/α-hetero) is 1. The normalized spacial score (nSPS) is 10.5. The fraction of sp³-hybridized carbons (Fsp3) is 0.400. The first-order valence-corrected chi connectivity index (χ1v) is 8.14. The van der Waals surface area contributed by atoms with E-state index in [1.165, 1.54) is 7.05 Å². The first-order valence-electron chi connectivity index (χ1n) is 7.15. The summed E-state index contributed by atoms with van der Waals surface area (Å²) in [5.74, 6) is -1.18. The van der Waals surface area contributed by atoms with E-state index in [4.69, 9.17) is 5.26 Å².